The third-order valence-electron chi connectivity index (χ3n) is 2.90. The number of rotatable bonds is 6. The zero-order chi connectivity index (χ0) is 16.9. The number of benzene rings is 1. The van der Waals surface area contributed by atoms with Crippen LogP contribution in [0.15, 0.2) is 45.5 Å². The van der Waals surface area contributed by atoms with E-state index in [4.69, 9.17) is 13.9 Å². The summed E-state index contributed by atoms with van der Waals surface area (Å²) in [5.41, 5.74) is 0. The molecule has 0 atom stereocenters. The van der Waals surface area contributed by atoms with Crippen molar-refractivity contribution >= 4 is 38.5 Å². The number of carbonyl (C=O) groups excluding carboxylic acids is 1. The molecule has 0 aliphatic carbocycles. The highest BCUT2D eigenvalue weighted by atomic mass is 79.9. The second kappa shape index (κ2) is 7.45. The first-order chi connectivity index (χ1) is 11.6. The number of carbonyl (C=O) groups is 1. The Bertz CT molecular complexity index is 831. The van der Waals surface area contributed by atoms with E-state index in [1.54, 1.807) is 43.5 Å². The Morgan fingerprint density at radius 1 is 1.25 bits per heavy atom. The van der Waals surface area contributed by atoms with Crippen LogP contribution in [-0.4, -0.2) is 29.0 Å². The molecular formula is C15H12BrN3O4S. The summed E-state index contributed by atoms with van der Waals surface area (Å²) in [5.74, 6) is 1.90. The lowest BCUT2D eigenvalue weighted by atomic mass is 10.3. The Labute approximate surface area is 149 Å². The highest BCUT2D eigenvalue weighted by Crippen LogP contribution is 2.25. The number of methoxy groups -OCH3 is 1. The van der Waals surface area contributed by atoms with Crippen molar-refractivity contribution in [1.29, 1.82) is 0 Å². The van der Waals surface area contributed by atoms with Gasteiger partial charge in [0.05, 0.1) is 7.11 Å². The van der Waals surface area contributed by atoms with Crippen molar-refractivity contribution in [3.63, 3.8) is 0 Å². The van der Waals surface area contributed by atoms with Gasteiger partial charge in [0.2, 0.25) is 11.0 Å². The van der Waals surface area contributed by atoms with Crippen LogP contribution >= 0.6 is 27.5 Å². The zero-order valence-electron chi connectivity index (χ0n) is 12.5. The van der Waals surface area contributed by atoms with Gasteiger partial charge in [-0.1, -0.05) is 0 Å². The maximum Gasteiger partial charge on any atom is 0.264 e. The minimum Gasteiger partial charge on any atom is -0.497 e. The normalized spacial score (nSPS) is 10.4. The summed E-state index contributed by atoms with van der Waals surface area (Å²) in [6, 6.07) is 10.5. The quantitative estimate of drug-likeness (QED) is 0.669. The summed E-state index contributed by atoms with van der Waals surface area (Å²) in [7, 11) is 1.58. The fraction of sp³-hybridized carbons (Fsp3) is 0.133. The molecule has 124 valence electrons. The molecule has 3 rings (SSSR count). The van der Waals surface area contributed by atoms with E-state index in [0.29, 0.717) is 27.1 Å². The van der Waals surface area contributed by atoms with Crippen LogP contribution in [0.3, 0.4) is 0 Å². The van der Waals surface area contributed by atoms with E-state index in [9.17, 15) is 4.79 Å². The maximum atomic E-state index is 11.9. The van der Waals surface area contributed by atoms with Gasteiger partial charge in [-0.25, -0.2) is 0 Å². The van der Waals surface area contributed by atoms with Crippen LogP contribution in [0, 0.1) is 0 Å². The predicted octanol–water partition coefficient (Wildman–Crippen LogP) is 3.59. The van der Waals surface area contributed by atoms with Crippen molar-refractivity contribution in [2.45, 2.75) is 0 Å². The summed E-state index contributed by atoms with van der Waals surface area (Å²) in [6.45, 7) is -0.131. The van der Waals surface area contributed by atoms with Crippen LogP contribution < -0.4 is 14.8 Å². The molecule has 1 N–H and O–H groups in total. The third kappa shape index (κ3) is 4.12. The van der Waals surface area contributed by atoms with Crippen molar-refractivity contribution in [1.82, 2.24) is 9.36 Å². The molecule has 0 bridgehead atoms. The number of nitrogens with zero attached hydrogens (tertiary/aromatic N) is 2. The number of amides is 1. The van der Waals surface area contributed by atoms with Crippen LogP contribution in [0.2, 0.25) is 0 Å². The smallest absolute Gasteiger partial charge is 0.264 e. The lowest BCUT2D eigenvalue weighted by molar-refractivity contribution is -0.118. The van der Waals surface area contributed by atoms with Crippen molar-refractivity contribution in [3.8, 4) is 23.1 Å². The molecule has 2 heterocycles. The minimum atomic E-state index is -0.325. The lowest BCUT2D eigenvalue weighted by Crippen LogP contribution is -2.20. The van der Waals surface area contributed by atoms with Gasteiger partial charge < -0.3 is 13.9 Å². The summed E-state index contributed by atoms with van der Waals surface area (Å²) in [6.07, 6.45) is 0. The van der Waals surface area contributed by atoms with E-state index in [1.807, 2.05) is 0 Å². The fourth-order valence-electron chi connectivity index (χ4n) is 1.78. The first-order valence-electron chi connectivity index (χ1n) is 6.80. The van der Waals surface area contributed by atoms with Gasteiger partial charge in [-0.05, 0) is 52.3 Å². The Morgan fingerprint density at radius 3 is 2.67 bits per heavy atom. The molecule has 9 heteroatoms. The molecule has 1 aromatic carbocycles. The number of nitrogens with one attached hydrogen (secondary N) is 1. The minimum absolute atomic E-state index is 0.131. The molecular weight excluding hydrogens is 398 g/mol. The average Bonchev–Trinajstić information content (AvgIpc) is 3.22. The van der Waals surface area contributed by atoms with Gasteiger partial charge in [0.1, 0.15) is 11.5 Å². The number of anilines is 1. The standard InChI is InChI=1S/C15H12BrN3O4S/c1-21-9-2-4-10(5-3-9)22-8-13(20)17-15-18-14(19-24-15)11-6-7-12(16)23-11/h2-7H,8H2,1H3,(H,17,18,19,20). The Morgan fingerprint density at radius 2 is 2.00 bits per heavy atom. The molecule has 0 spiro atoms. The molecule has 0 radical (unpaired) electrons. The molecule has 0 saturated heterocycles. The van der Waals surface area contributed by atoms with Crippen molar-refractivity contribution < 1.29 is 18.7 Å². The molecule has 7 nitrogen and oxygen atoms in total. The molecule has 3 aromatic rings. The van der Waals surface area contributed by atoms with Crippen LogP contribution in [0.25, 0.3) is 11.6 Å². The second-order valence-corrected chi connectivity index (χ2v) is 6.07. The highest BCUT2D eigenvalue weighted by Gasteiger charge is 2.12. The van der Waals surface area contributed by atoms with E-state index in [-0.39, 0.29) is 12.5 Å². The van der Waals surface area contributed by atoms with Crippen LogP contribution in [-0.2, 0) is 4.79 Å². The Hall–Kier alpha value is -2.39. The summed E-state index contributed by atoms with van der Waals surface area (Å²) < 4.78 is 20.5. The van der Waals surface area contributed by atoms with Crippen LogP contribution in [0.5, 0.6) is 11.5 Å². The third-order valence-corrected chi connectivity index (χ3v) is 3.95. The fourth-order valence-corrected chi connectivity index (χ4v) is 2.68. The van der Waals surface area contributed by atoms with Gasteiger partial charge in [-0.2, -0.15) is 9.36 Å². The van der Waals surface area contributed by atoms with Gasteiger partial charge in [-0.3, -0.25) is 10.1 Å². The highest BCUT2D eigenvalue weighted by molar-refractivity contribution is 9.10. The largest absolute Gasteiger partial charge is 0.497 e. The topological polar surface area (TPSA) is 86.5 Å². The number of aromatic nitrogens is 2. The van der Waals surface area contributed by atoms with Gasteiger partial charge in [0.25, 0.3) is 5.91 Å². The van der Waals surface area contributed by atoms with E-state index in [1.165, 1.54) is 0 Å². The monoisotopic (exact) mass is 409 g/mol. The molecule has 0 unspecified atom stereocenters. The average molecular weight is 410 g/mol. The zero-order valence-corrected chi connectivity index (χ0v) is 14.9. The maximum absolute atomic E-state index is 11.9. The van der Waals surface area contributed by atoms with E-state index >= 15 is 0 Å². The SMILES string of the molecule is COc1ccc(OCC(=O)Nc2nc(-c3ccc(Br)o3)ns2)cc1. The number of halogens is 1. The van der Waals surface area contributed by atoms with E-state index in [0.717, 1.165) is 17.3 Å². The summed E-state index contributed by atoms with van der Waals surface area (Å²) >= 11 is 4.28. The van der Waals surface area contributed by atoms with Crippen molar-refractivity contribution in [3.05, 3.63) is 41.1 Å². The van der Waals surface area contributed by atoms with Crippen molar-refractivity contribution in [2.75, 3.05) is 19.0 Å². The van der Waals surface area contributed by atoms with Crippen LogP contribution in [0.4, 0.5) is 5.13 Å². The molecule has 2 aromatic heterocycles. The van der Waals surface area contributed by atoms with E-state index < -0.39 is 0 Å². The number of furan rings is 1. The molecule has 24 heavy (non-hydrogen) atoms. The number of hydrogen-bond acceptors (Lipinski definition) is 7. The molecule has 0 fully saturated rings. The molecule has 0 aliphatic heterocycles. The van der Waals surface area contributed by atoms with Crippen molar-refractivity contribution in [2.24, 2.45) is 0 Å². The number of ether oxygens (including phenoxy) is 2. The predicted molar refractivity (Wildman–Crippen MR) is 92.4 cm³/mol. The molecule has 0 saturated carbocycles. The first-order valence-corrected chi connectivity index (χ1v) is 8.37. The molecule has 1 amide bonds. The van der Waals surface area contributed by atoms with E-state index in [2.05, 4.69) is 30.6 Å². The molecule has 0 aliphatic rings. The van der Waals surface area contributed by atoms with Gasteiger partial charge in [0, 0.05) is 11.5 Å². The van der Waals surface area contributed by atoms with Gasteiger partial charge in [0.15, 0.2) is 17.0 Å². The first kappa shape index (κ1) is 16.5. The summed E-state index contributed by atoms with van der Waals surface area (Å²) in [4.78, 5) is 16.1. The second-order valence-electron chi connectivity index (χ2n) is 4.54. The van der Waals surface area contributed by atoms with Crippen LogP contribution in [0.1, 0.15) is 0 Å². The number of hydrogen-bond donors (Lipinski definition) is 1. The lowest BCUT2D eigenvalue weighted by Gasteiger charge is -2.06. The summed E-state index contributed by atoms with van der Waals surface area (Å²) in [5, 5.41) is 3.01. The van der Waals surface area contributed by atoms with Gasteiger partial charge in [-0.15, -0.1) is 0 Å². The Balaban J connectivity index is 1.54. The Kier molecular flexibility index (Phi) is 5.11. The van der Waals surface area contributed by atoms with Gasteiger partial charge >= 0.3 is 0 Å².